The number of Topliss-reactive ketones (excluding diaryl/α,β-unsaturated/α-hetero) is 1. The van der Waals surface area contributed by atoms with E-state index in [0.29, 0.717) is 35.5 Å². The molecule has 0 saturated carbocycles. The molecule has 4 nitrogen and oxygen atoms in total. The standard InChI is InChI=1S/C19H17BF2O4/c1-24-14-6-3-12(4-7-14)18(23)17-9-5-13-11-15(25-2)8-10-16(13)19(17)26-20(21)22/h3-4,6-8,10-11H,5,9H2,1-2H3. The predicted octanol–water partition coefficient (Wildman–Crippen LogP) is 4.18. The third-order valence-corrected chi connectivity index (χ3v) is 4.31. The first-order chi connectivity index (χ1) is 12.5. The van der Waals surface area contributed by atoms with Crippen LogP contribution in [0.15, 0.2) is 48.0 Å². The Balaban J connectivity index is 2.04. The number of allylic oxidation sites excluding steroid dienone is 1. The van der Waals surface area contributed by atoms with Gasteiger partial charge in [-0.15, -0.1) is 0 Å². The van der Waals surface area contributed by atoms with Gasteiger partial charge >= 0.3 is 7.47 Å². The van der Waals surface area contributed by atoms with E-state index in [2.05, 4.69) is 0 Å². The highest BCUT2D eigenvalue weighted by atomic mass is 19.2. The number of methoxy groups -OCH3 is 2. The maximum Gasteiger partial charge on any atom is 0.796 e. The fraction of sp³-hybridized carbons (Fsp3) is 0.211. The van der Waals surface area contributed by atoms with Crippen LogP contribution < -0.4 is 9.47 Å². The molecule has 0 fully saturated rings. The van der Waals surface area contributed by atoms with Crippen molar-refractivity contribution in [3.8, 4) is 11.5 Å². The summed E-state index contributed by atoms with van der Waals surface area (Å²) in [5, 5.41) is 0. The van der Waals surface area contributed by atoms with Gasteiger partial charge in [-0.05, 0) is 60.9 Å². The number of fused-ring (bicyclic) bond motifs is 1. The monoisotopic (exact) mass is 358 g/mol. The quantitative estimate of drug-likeness (QED) is 0.574. The number of hydrogen-bond donors (Lipinski definition) is 0. The van der Waals surface area contributed by atoms with Crippen molar-refractivity contribution in [3.05, 3.63) is 64.7 Å². The number of halogens is 2. The number of carbonyl (C=O) groups excluding carboxylic acids is 1. The molecule has 1 aliphatic rings. The van der Waals surface area contributed by atoms with Crippen molar-refractivity contribution in [2.75, 3.05) is 14.2 Å². The second-order valence-electron chi connectivity index (χ2n) is 5.77. The molecular weight excluding hydrogens is 341 g/mol. The number of benzene rings is 2. The molecule has 0 atom stereocenters. The minimum Gasteiger partial charge on any atom is -0.504 e. The number of ketones is 1. The first kappa shape index (κ1) is 18.0. The number of carbonyl (C=O) groups is 1. The fourth-order valence-electron chi connectivity index (χ4n) is 3.02. The average molecular weight is 358 g/mol. The van der Waals surface area contributed by atoms with E-state index in [4.69, 9.17) is 14.1 Å². The van der Waals surface area contributed by atoms with Crippen LogP contribution in [0.3, 0.4) is 0 Å². The summed E-state index contributed by atoms with van der Waals surface area (Å²) in [6.45, 7) is 0. The van der Waals surface area contributed by atoms with Gasteiger partial charge in [0.25, 0.3) is 0 Å². The normalized spacial score (nSPS) is 13.1. The Hall–Kier alpha value is -2.83. The van der Waals surface area contributed by atoms with Gasteiger partial charge in [0.1, 0.15) is 17.3 Å². The lowest BCUT2D eigenvalue weighted by atomic mass is 9.86. The Bertz CT molecular complexity index is 847. The van der Waals surface area contributed by atoms with Crippen molar-refractivity contribution < 1.29 is 27.6 Å². The Morgan fingerprint density at radius 1 is 0.962 bits per heavy atom. The molecule has 26 heavy (non-hydrogen) atoms. The predicted molar refractivity (Wildman–Crippen MR) is 94.6 cm³/mol. The summed E-state index contributed by atoms with van der Waals surface area (Å²) in [7, 11) is 0.0484. The van der Waals surface area contributed by atoms with E-state index in [1.807, 2.05) is 0 Å². The second-order valence-corrected chi connectivity index (χ2v) is 5.77. The van der Waals surface area contributed by atoms with Gasteiger partial charge in [0.15, 0.2) is 5.78 Å². The van der Waals surface area contributed by atoms with Gasteiger partial charge in [0, 0.05) is 16.7 Å². The highest BCUT2D eigenvalue weighted by Gasteiger charge is 2.30. The van der Waals surface area contributed by atoms with Crippen LogP contribution in [0.5, 0.6) is 11.5 Å². The molecule has 134 valence electrons. The highest BCUT2D eigenvalue weighted by molar-refractivity contribution is 6.36. The maximum absolute atomic E-state index is 13.0. The molecule has 0 aromatic heterocycles. The molecule has 7 heteroatoms. The molecular formula is C19H17BF2O4. The van der Waals surface area contributed by atoms with E-state index in [1.165, 1.54) is 14.2 Å². The molecule has 0 spiro atoms. The minimum absolute atomic E-state index is 0.0651. The summed E-state index contributed by atoms with van der Waals surface area (Å²) in [5.41, 5.74) is 1.95. The van der Waals surface area contributed by atoms with E-state index in [1.54, 1.807) is 42.5 Å². The van der Waals surface area contributed by atoms with Crippen molar-refractivity contribution in [1.82, 2.24) is 0 Å². The van der Waals surface area contributed by atoms with E-state index in [9.17, 15) is 13.4 Å². The smallest absolute Gasteiger partial charge is 0.504 e. The van der Waals surface area contributed by atoms with Crippen LogP contribution in [-0.2, 0) is 11.1 Å². The number of ether oxygens (including phenoxy) is 2. The van der Waals surface area contributed by atoms with Gasteiger partial charge in [0.05, 0.1) is 14.2 Å². The number of hydrogen-bond acceptors (Lipinski definition) is 4. The van der Waals surface area contributed by atoms with Crippen molar-refractivity contribution in [2.45, 2.75) is 12.8 Å². The summed E-state index contributed by atoms with van der Waals surface area (Å²) < 4.78 is 41.0. The van der Waals surface area contributed by atoms with Gasteiger partial charge in [-0.3, -0.25) is 4.79 Å². The molecule has 0 N–H and O–H groups in total. The minimum atomic E-state index is -3.02. The molecule has 0 saturated heterocycles. The fourth-order valence-corrected chi connectivity index (χ4v) is 3.02. The summed E-state index contributed by atoms with van der Waals surface area (Å²) in [4.78, 5) is 12.9. The molecule has 0 heterocycles. The van der Waals surface area contributed by atoms with Gasteiger partial charge < -0.3 is 14.1 Å². The second kappa shape index (κ2) is 7.60. The van der Waals surface area contributed by atoms with E-state index >= 15 is 0 Å². The Morgan fingerprint density at radius 2 is 1.62 bits per heavy atom. The maximum atomic E-state index is 13.0. The van der Waals surface area contributed by atoms with Gasteiger partial charge in [-0.1, -0.05) is 0 Å². The first-order valence-electron chi connectivity index (χ1n) is 8.07. The molecule has 0 amide bonds. The number of aryl methyl sites for hydroxylation is 1. The van der Waals surface area contributed by atoms with Crippen molar-refractivity contribution in [1.29, 1.82) is 0 Å². The number of rotatable bonds is 6. The van der Waals surface area contributed by atoms with Crippen molar-refractivity contribution >= 4 is 19.0 Å². The molecule has 2 aromatic rings. The summed E-state index contributed by atoms with van der Waals surface area (Å²) in [5.74, 6) is 0.847. The topological polar surface area (TPSA) is 44.8 Å². The average Bonchev–Trinajstić information content (AvgIpc) is 2.67. The molecule has 1 aliphatic carbocycles. The van der Waals surface area contributed by atoms with Crippen LogP contribution in [0.2, 0.25) is 0 Å². The van der Waals surface area contributed by atoms with E-state index < -0.39 is 7.47 Å². The Labute approximate surface area is 150 Å². The lowest BCUT2D eigenvalue weighted by molar-refractivity contribution is 0.102. The van der Waals surface area contributed by atoms with Crippen molar-refractivity contribution in [2.24, 2.45) is 0 Å². The summed E-state index contributed by atoms with van der Waals surface area (Å²) in [6.07, 6.45) is 0.854. The van der Waals surface area contributed by atoms with Gasteiger partial charge in [-0.25, -0.2) is 8.63 Å². The molecule has 0 radical (unpaired) electrons. The van der Waals surface area contributed by atoms with Crippen LogP contribution in [0.25, 0.3) is 5.76 Å². The molecule has 0 unspecified atom stereocenters. The zero-order valence-corrected chi connectivity index (χ0v) is 14.4. The molecule has 0 bridgehead atoms. The summed E-state index contributed by atoms with van der Waals surface area (Å²) >= 11 is 0. The zero-order chi connectivity index (χ0) is 18.7. The Kier molecular flexibility index (Phi) is 5.25. The summed E-state index contributed by atoms with van der Waals surface area (Å²) in [6, 6.07) is 11.6. The van der Waals surface area contributed by atoms with Crippen LogP contribution >= 0.6 is 0 Å². The van der Waals surface area contributed by atoms with Crippen molar-refractivity contribution in [3.63, 3.8) is 0 Å². The van der Waals surface area contributed by atoms with Crippen LogP contribution in [0.1, 0.15) is 27.9 Å². The SMILES string of the molecule is COc1ccc(C(=O)C2=C(OB(F)F)c3ccc(OC)cc3CC2)cc1. The van der Waals surface area contributed by atoms with Gasteiger partial charge in [-0.2, -0.15) is 0 Å². The molecule has 3 rings (SSSR count). The zero-order valence-electron chi connectivity index (χ0n) is 14.4. The first-order valence-corrected chi connectivity index (χ1v) is 8.07. The van der Waals surface area contributed by atoms with Crippen LogP contribution in [0.4, 0.5) is 8.63 Å². The highest BCUT2D eigenvalue weighted by Crippen LogP contribution is 2.36. The van der Waals surface area contributed by atoms with E-state index in [-0.39, 0.29) is 17.1 Å². The van der Waals surface area contributed by atoms with Gasteiger partial charge in [0.2, 0.25) is 0 Å². The lowest BCUT2D eigenvalue weighted by Crippen LogP contribution is -2.17. The third kappa shape index (κ3) is 3.56. The third-order valence-electron chi connectivity index (χ3n) is 4.31. The lowest BCUT2D eigenvalue weighted by Gasteiger charge is -2.23. The van der Waals surface area contributed by atoms with Crippen LogP contribution in [-0.4, -0.2) is 27.5 Å². The molecule has 2 aromatic carbocycles. The molecule has 0 aliphatic heterocycles. The Morgan fingerprint density at radius 3 is 2.23 bits per heavy atom. The van der Waals surface area contributed by atoms with Crippen LogP contribution in [0, 0.1) is 0 Å². The van der Waals surface area contributed by atoms with E-state index in [0.717, 1.165) is 5.56 Å². The largest absolute Gasteiger partial charge is 0.796 e.